The number of H-pyrrole nitrogens is 1. The van der Waals surface area contributed by atoms with Gasteiger partial charge in [-0.15, -0.1) is 0 Å². The number of hydrogen-bond acceptors (Lipinski definition) is 4. The molecular formula is C16H24N3O4+. The summed E-state index contributed by atoms with van der Waals surface area (Å²) in [5, 5.41) is 0. The number of aryl methyl sites for hydroxylation is 1. The highest BCUT2D eigenvalue weighted by Crippen LogP contribution is 2.19. The number of aromatic amines is 1. The Morgan fingerprint density at radius 3 is 2.39 bits per heavy atom. The minimum absolute atomic E-state index is 0.0340. The second kappa shape index (κ2) is 6.95. The normalized spacial score (nSPS) is 21.0. The van der Waals surface area contributed by atoms with Gasteiger partial charge in [-0.25, -0.2) is 4.79 Å². The van der Waals surface area contributed by atoms with Gasteiger partial charge in [0.25, 0.3) is 0 Å². The molecule has 7 nitrogen and oxygen atoms in total. The van der Waals surface area contributed by atoms with Gasteiger partial charge in [-0.2, -0.15) is 0 Å². The maximum Gasteiger partial charge on any atom is 0.339 e. The lowest BCUT2D eigenvalue weighted by atomic mass is 9.96. The van der Waals surface area contributed by atoms with Gasteiger partial charge in [0.15, 0.2) is 0 Å². The summed E-state index contributed by atoms with van der Waals surface area (Å²) in [6.45, 7) is 5.34. The van der Waals surface area contributed by atoms with E-state index in [4.69, 9.17) is 10.5 Å². The average Bonchev–Trinajstić information content (AvgIpc) is 2.82. The molecule has 1 saturated heterocycles. The highest BCUT2D eigenvalue weighted by molar-refractivity contribution is 6.01. The molecule has 2 heterocycles. The fraction of sp³-hybridized carbons (Fsp3) is 0.562. The number of primary amides is 1. The molecule has 0 aliphatic carbocycles. The number of likely N-dealkylation sites (tertiary alicyclic amines) is 1. The molecule has 0 aromatic carbocycles. The number of quaternary nitrogens is 1. The van der Waals surface area contributed by atoms with E-state index in [-0.39, 0.29) is 17.6 Å². The Morgan fingerprint density at radius 2 is 1.87 bits per heavy atom. The molecule has 0 spiro atoms. The summed E-state index contributed by atoms with van der Waals surface area (Å²) >= 11 is 0. The quantitative estimate of drug-likeness (QED) is 0.496. The molecule has 1 amide bonds. The zero-order chi connectivity index (χ0) is 17.1. The number of rotatable bonds is 5. The van der Waals surface area contributed by atoms with Crippen LogP contribution in [0.4, 0.5) is 0 Å². The lowest BCUT2D eigenvalue weighted by Crippen LogP contribution is -3.14. The third-order valence-electron chi connectivity index (χ3n) is 4.61. The monoisotopic (exact) mass is 322 g/mol. The molecule has 0 unspecified atom stereocenters. The van der Waals surface area contributed by atoms with E-state index in [2.05, 4.69) is 4.98 Å². The minimum Gasteiger partial charge on any atom is -0.465 e. The number of ketones is 1. The van der Waals surface area contributed by atoms with Gasteiger partial charge in [0, 0.05) is 24.5 Å². The third kappa shape index (κ3) is 3.61. The Morgan fingerprint density at radius 1 is 1.26 bits per heavy atom. The van der Waals surface area contributed by atoms with Crippen LogP contribution in [0, 0.1) is 19.8 Å². The summed E-state index contributed by atoms with van der Waals surface area (Å²) in [7, 11) is 1.32. The van der Waals surface area contributed by atoms with Crippen molar-refractivity contribution in [1.29, 1.82) is 0 Å². The number of nitrogens with two attached hydrogens (primary N) is 1. The standard InChI is InChI=1S/C16H23N3O4/c1-9-13(16(22)23-3)10(2)18-14(9)12(20)8-19-6-4-11(5-7-19)15(17)21/h11,18H,4-8H2,1-3H3,(H2,17,21)/p+1. The molecule has 0 saturated carbocycles. The number of aromatic nitrogens is 1. The van der Waals surface area contributed by atoms with E-state index < -0.39 is 5.97 Å². The summed E-state index contributed by atoms with van der Waals surface area (Å²) < 4.78 is 4.76. The van der Waals surface area contributed by atoms with Crippen molar-refractivity contribution < 1.29 is 24.0 Å². The summed E-state index contributed by atoms with van der Waals surface area (Å²) in [6, 6.07) is 0. The molecule has 1 aromatic rings. The van der Waals surface area contributed by atoms with E-state index in [0.717, 1.165) is 18.0 Å². The van der Waals surface area contributed by atoms with Crippen molar-refractivity contribution in [2.24, 2.45) is 11.7 Å². The number of Topliss-reactive ketones (excluding diaryl/α,β-unsaturated/α-hetero) is 1. The Hall–Kier alpha value is -2.15. The smallest absolute Gasteiger partial charge is 0.339 e. The highest BCUT2D eigenvalue weighted by atomic mass is 16.5. The summed E-state index contributed by atoms with van der Waals surface area (Å²) in [4.78, 5) is 39.6. The first-order valence-electron chi connectivity index (χ1n) is 7.78. The van der Waals surface area contributed by atoms with E-state index in [9.17, 15) is 14.4 Å². The SMILES string of the molecule is COC(=O)c1c(C)[nH]c(C(=O)C[NH+]2CCC(C(N)=O)CC2)c1C. The number of methoxy groups -OCH3 is 1. The first-order chi connectivity index (χ1) is 10.8. The second-order valence-corrected chi connectivity index (χ2v) is 6.14. The van der Waals surface area contributed by atoms with Crippen LogP contribution in [-0.4, -0.2) is 49.4 Å². The molecule has 0 atom stereocenters. The molecule has 23 heavy (non-hydrogen) atoms. The molecule has 4 N–H and O–H groups in total. The average molecular weight is 322 g/mol. The second-order valence-electron chi connectivity index (χ2n) is 6.14. The Labute approximate surface area is 135 Å². The van der Waals surface area contributed by atoms with E-state index in [1.807, 2.05) is 0 Å². The van der Waals surface area contributed by atoms with Crippen LogP contribution in [0.2, 0.25) is 0 Å². The Bertz CT molecular complexity index is 628. The number of esters is 1. The predicted octanol–water partition coefficient (Wildman–Crippen LogP) is -0.619. The van der Waals surface area contributed by atoms with Gasteiger partial charge in [0.2, 0.25) is 11.7 Å². The molecule has 1 aromatic heterocycles. The van der Waals surface area contributed by atoms with Gasteiger partial charge in [0.05, 0.1) is 31.5 Å². The van der Waals surface area contributed by atoms with Gasteiger partial charge < -0.3 is 20.4 Å². The zero-order valence-corrected chi connectivity index (χ0v) is 13.8. The van der Waals surface area contributed by atoms with Gasteiger partial charge in [-0.05, 0) is 19.4 Å². The molecule has 1 aliphatic rings. The molecular weight excluding hydrogens is 298 g/mol. The first kappa shape index (κ1) is 17.2. The summed E-state index contributed by atoms with van der Waals surface area (Å²) in [5.74, 6) is -0.804. The minimum atomic E-state index is -0.440. The van der Waals surface area contributed by atoms with Crippen molar-refractivity contribution in [1.82, 2.24) is 4.98 Å². The number of ether oxygens (including phenoxy) is 1. The number of hydrogen-bond donors (Lipinski definition) is 3. The van der Waals surface area contributed by atoms with Crippen molar-refractivity contribution in [3.63, 3.8) is 0 Å². The van der Waals surface area contributed by atoms with Crippen LogP contribution < -0.4 is 10.6 Å². The first-order valence-corrected chi connectivity index (χ1v) is 7.78. The van der Waals surface area contributed by atoms with Crippen LogP contribution in [0.1, 0.15) is 44.9 Å². The van der Waals surface area contributed by atoms with Crippen molar-refractivity contribution in [3.05, 3.63) is 22.5 Å². The van der Waals surface area contributed by atoms with E-state index >= 15 is 0 Å². The fourth-order valence-electron chi connectivity index (χ4n) is 3.24. The molecule has 7 heteroatoms. The van der Waals surface area contributed by atoms with Gasteiger partial charge in [0.1, 0.15) is 6.54 Å². The number of amides is 1. The number of nitrogens with one attached hydrogen (secondary N) is 2. The Kier molecular flexibility index (Phi) is 5.20. The van der Waals surface area contributed by atoms with Crippen molar-refractivity contribution in [2.45, 2.75) is 26.7 Å². The van der Waals surface area contributed by atoms with Crippen LogP contribution in [0.5, 0.6) is 0 Å². The third-order valence-corrected chi connectivity index (χ3v) is 4.61. The molecule has 1 aliphatic heterocycles. The molecule has 2 rings (SSSR count). The fourth-order valence-corrected chi connectivity index (χ4v) is 3.24. The molecule has 0 radical (unpaired) electrons. The summed E-state index contributed by atoms with van der Waals surface area (Å²) in [5.41, 5.74) is 7.49. The lowest BCUT2D eigenvalue weighted by molar-refractivity contribution is -0.897. The maximum atomic E-state index is 12.5. The van der Waals surface area contributed by atoms with Gasteiger partial charge in [-0.1, -0.05) is 0 Å². The largest absolute Gasteiger partial charge is 0.465 e. The molecule has 1 fully saturated rings. The van der Waals surface area contributed by atoms with Crippen LogP contribution >= 0.6 is 0 Å². The lowest BCUT2D eigenvalue weighted by Gasteiger charge is -2.27. The van der Waals surface area contributed by atoms with Crippen LogP contribution in [0.15, 0.2) is 0 Å². The van der Waals surface area contributed by atoms with Crippen LogP contribution in [-0.2, 0) is 9.53 Å². The van der Waals surface area contributed by atoms with Crippen molar-refractivity contribution in [2.75, 3.05) is 26.7 Å². The van der Waals surface area contributed by atoms with Crippen LogP contribution in [0.25, 0.3) is 0 Å². The molecule has 126 valence electrons. The zero-order valence-electron chi connectivity index (χ0n) is 13.8. The molecule has 0 bridgehead atoms. The van der Waals surface area contributed by atoms with Crippen molar-refractivity contribution in [3.8, 4) is 0 Å². The van der Waals surface area contributed by atoms with E-state index in [0.29, 0.717) is 41.9 Å². The number of carbonyl (C=O) groups excluding carboxylic acids is 3. The highest BCUT2D eigenvalue weighted by Gasteiger charge is 2.29. The number of carbonyl (C=O) groups is 3. The maximum absolute atomic E-state index is 12.5. The van der Waals surface area contributed by atoms with Gasteiger partial charge in [-0.3, -0.25) is 9.59 Å². The topological polar surface area (TPSA) is 107 Å². The van der Waals surface area contributed by atoms with Crippen molar-refractivity contribution >= 4 is 17.7 Å². The van der Waals surface area contributed by atoms with Gasteiger partial charge >= 0.3 is 5.97 Å². The predicted molar refractivity (Wildman–Crippen MR) is 83.4 cm³/mol. The number of piperidine rings is 1. The summed E-state index contributed by atoms with van der Waals surface area (Å²) in [6.07, 6.45) is 1.43. The van der Waals surface area contributed by atoms with E-state index in [1.54, 1.807) is 13.8 Å². The van der Waals surface area contributed by atoms with Crippen LogP contribution in [0.3, 0.4) is 0 Å². The Balaban J connectivity index is 2.05. The van der Waals surface area contributed by atoms with E-state index in [1.165, 1.54) is 7.11 Å².